The van der Waals surface area contributed by atoms with Crippen molar-refractivity contribution in [1.82, 2.24) is 0 Å². The topological polar surface area (TPSA) is 52.3 Å². The molecule has 0 amide bonds. The van der Waals surface area contributed by atoms with E-state index >= 15 is 0 Å². The number of hydrogen-bond donors (Lipinski definition) is 1. The van der Waals surface area contributed by atoms with Crippen LogP contribution in [0.5, 0.6) is 5.75 Å². The summed E-state index contributed by atoms with van der Waals surface area (Å²) in [5.41, 5.74) is 6.47. The molecule has 1 aromatic carbocycles. The standard InChI is InChI=1S/C13H14F3NO2S/c1-9(18)20-7-3-2-4-10-8-11(5-6-12(10)17)19-13(14,15)16/h2,4-6,8H,3,7,17H2,1H3. The van der Waals surface area contributed by atoms with Gasteiger partial charge in [-0.2, -0.15) is 0 Å². The largest absolute Gasteiger partial charge is 0.573 e. The Morgan fingerprint density at radius 3 is 2.75 bits per heavy atom. The highest BCUT2D eigenvalue weighted by molar-refractivity contribution is 8.13. The third-order valence-corrected chi connectivity index (χ3v) is 3.03. The molecule has 110 valence electrons. The van der Waals surface area contributed by atoms with Crippen LogP contribution < -0.4 is 10.5 Å². The maximum atomic E-state index is 12.1. The fourth-order valence-electron chi connectivity index (χ4n) is 1.38. The Morgan fingerprint density at radius 2 is 2.15 bits per heavy atom. The lowest BCUT2D eigenvalue weighted by molar-refractivity contribution is -0.274. The summed E-state index contributed by atoms with van der Waals surface area (Å²) in [5, 5.41) is 0.0264. The van der Waals surface area contributed by atoms with Crippen LogP contribution in [0.4, 0.5) is 18.9 Å². The number of allylic oxidation sites excluding steroid dienone is 1. The van der Waals surface area contributed by atoms with E-state index in [-0.39, 0.29) is 10.9 Å². The first kappa shape index (κ1) is 16.4. The summed E-state index contributed by atoms with van der Waals surface area (Å²) in [4.78, 5) is 10.7. The van der Waals surface area contributed by atoms with Crippen molar-refractivity contribution in [3.63, 3.8) is 0 Å². The molecule has 0 aliphatic carbocycles. The molecule has 0 bridgehead atoms. The van der Waals surface area contributed by atoms with Gasteiger partial charge in [-0.1, -0.05) is 23.9 Å². The number of hydrogen-bond acceptors (Lipinski definition) is 4. The number of rotatable bonds is 5. The number of ether oxygens (including phenoxy) is 1. The smallest absolute Gasteiger partial charge is 0.406 e. The Labute approximate surface area is 119 Å². The van der Waals surface area contributed by atoms with Crippen molar-refractivity contribution >= 4 is 28.6 Å². The quantitative estimate of drug-likeness (QED) is 0.663. The van der Waals surface area contributed by atoms with Crippen molar-refractivity contribution < 1.29 is 22.7 Å². The molecule has 0 spiro atoms. The third-order valence-electron chi connectivity index (χ3n) is 2.18. The van der Waals surface area contributed by atoms with Gasteiger partial charge in [-0.3, -0.25) is 4.79 Å². The predicted molar refractivity (Wildman–Crippen MR) is 74.3 cm³/mol. The lowest BCUT2D eigenvalue weighted by atomic mass is 10.1. The minimum Gasteiger partial charge on any atom is -0.406 e. The number of carbonyl (C=O) groups excluding carboxylic acids is 1. The molecule has 7 heteroatoms. The van der Waals surface area contributed by atoms with Gasteiger partial charge < -0.3 is 10.5 Å². The van der Waals surface area contributed by atoms with Crippen LogP contribution in [0.25, 0.3) is 6.08 Å². The van der Waals surface area contributed by atoms with Gasteiger partial charge in [-0.15, -0.1) is 13.2 Å². The van der Waals surface area contributed by atoms with Crippen molar-refractivity contribution in [3.8, 4) is 5.75 Å². The number of benzene rings is 1. The van der Waals surface area contributed by atoms with Crippen molar-refractivity contribution in [2.75, 3.05) is 11.5 Å². The minimum absolute atomic E-state index is 0.0264. The van der Waals surface area contributed by atoms with Crippen molar-refractivity contribution in [2.24, 2.45) is 0 Å². The summed E-state index contributed by atoms with van der Waals surface area (Å²) < 4.78 is 40.1. The average molecular weight is 305 g/mol. The Bertz CT molecular complexity index is 501. The molecule has 20 heavy (non-hydrogen) atoms. The van der Waals surface area contributed by atoms with Crippen LogP contribution in [0.15, 0.2) is 24.3 Å². The van der Waals surface area contributed by atoms with Crippen molar-refractivity contribution in [2.45, 2.75) is 19.7 Å². The molecule has 0 saturated carbocycles. The third kappa shape index (κ3) is 6.51. The van der Waals surface area contributed by atoms with E-state index in [4.69, 9.17) is 5.73 Å². The zero-order chi connectivity index (χ0) is 15.2. The fourth-order valence-corrected chi connectivity index (χ4v) is 1.92. The molecule has 0 aliphatic heterocycles. The Morgan fingerprint density at radius 1 is 1.45 bits per heavy atom. The molecule has 0 fully saturated rings. The van der Waals surface area contributed by atoms with E-state index in [0.29, 0.717) is 23.4 Å². The molecule has 1 rings (SSSR count). The van der Waals surface area contributed by atoms with E-state index in [9.17, 15) is 18.0 Å². The van der Waals surface area contributed by atoms with E-state index < -0.39 is 6.36 Å². The first-order chi connectivity index (χ1) is 9.28. The highest BCUT2D eigenvalue weighted by atomic mass is 32.2. The van der Waals surface area contributed by atoms with Crippen molar-refractivity contribution in [1.29, 1.82) is 0 Å². The number of nitrogen functional groups attached to an aromatic ring is 1. The Kier molecular flexibility index (Phi) is 5.94. The van der Waals surface area contributed by atoms with E-state index in [1.54, 1.807) is 12.2 Å². The van der Waals surface area contributed by atoms with E-state index in [0.717, 1.165) is 6.07 Å². The van der Waals surface area contributed by atoms with Gasteiger partial charge in [-0.25, -0.2) is 0 Å². The monoisotopic (exact) mass is 305 g/mol. The minimum atomic E-state index is -4.73. The summed E-state index contributed by atoms with van der Waals surface area (Å²) in [6, 6.07) is 3.73. The molecule has 0 radical (unpaired) electrons. The highest BCUT2D eigenvalue weighted by Gasteiger charge is 2.31. The first-order valence-electron chi connectivity index (χ1n) is 5.73. The zero-order valence-corrected chi connectivity index (χ0v) is 11.6. The average Bonchev–Trinajstić information content (AvgIpc) is 2.30. The maximum Gasteiger partial charge on any atom is 0.573 e. The molecular weight excluding hydrogens is 291 g/mol. The van der Waals surface area contributed by atoms with Crippen LogP contribution in [-0.2, 0) is 4.79 Å². The second-order valence-corrected chi connectivity index (χ2v) is 5.14. The molecular formula is C13H14F3NO2S. The summed E-state index contributed by atoms with van der Waals surface area (Å²) in [6.45, 7) is 1.48. The van der Waals surface area contributed by atoms with Gasteiger partial charge in [0, 0.05) is 23.9 Å². The molecule has 0 atom stereocenters. The maximum absolute atomic E-state index is 12.1. The summed E-state index contributed by atoms with van der Waals surface area (Å²) in [7, 11) is 0. The molecule has 3 nitrogen and oxygen atoms in total. The predicted octanol–water partition coefficient (Wildman–Crippen LogP) is 3.85. The molecule has 0 heterocycles. The molecule has 0 aliphatic rings. The van der Waals surface area contributed by atoms with Gasteiger partial charge in [0.05, 0.1) is 0 Å². The normalized spacial score (nSPS) is 11.8. The second kappa shape index (κ2) is 7.23. The lowest BCUT2D eigenvalue weighted by Gasteiger charge is -2.10. The van der Waals surface area contributed by atoms with Gasteiger partial charge in [0.2, 0.25) is 0 Å². The number of anilines is 1. The Balaban J connectivity index is 2.67. The van der Waals surface area contributed by atoms with Gasteiger partial charge in [0.1, 0.15) is 5.75 Å². The van der Waals surface area contributed by atoms with Gasteiger partial charge in [0.15, 0.2) is 5.12 Å². The molecule has 0 aromatic heterocycles. The number of carbonyl (C=O) groups is 1. The van der Waals surface area contributed by atoms with E-state index in [1.807, 2.05) is 0 Å². The van der Waals surface area contributed by atoms with Crippen LogP contribution in [-0.4, -0.2) is 17.2 Å². The van der Waals surface area contributed by atoms with E-state index in [2.05, 4.69) is 4.74 Å². The van der Waals surface area contributed by atoms with Crippen LogP contribution in [0.2, 0.25) is 0 Å². The molecule has 0 saturated heterocycles. The number of nitrogens with two attached hydrogens (primary N) is 1. The molecule has 0 unspecified atom stereocenters. The SMILES string of the molecule is CC(=O)SCCC=Cc1cc(OC(F)(F)F)ccc1N. The van der Waals surface area contributed by atoms with E-state index in [1.165, 1.54) is 30.8 Å². The van der Waals surface area contributed by atoms with Gasteiger partial charge >= 0.3 is 6.36 Å². The summed E-state index contributed by atoms with van der Waals surface area (Å²) in [6.07, 6.45) is -0.748. The molecule has 1 aromatic rings. The van der Waals surface area contributed by atoms with Crippen LogP contribution in [0.1, 0.15) is 18.9 Å². The second-order valence-electron chi connectivity index (χ2n) is 3.87. The zero-order valence-electron chi connectivity index (χ0n) is 10.7. The number of halogens is 3. The van der Waals surface area contributed by atoms with Gasteiger partial charge in [0.25, 0.3) is 0 Å². The van der Waals surface area contributed by atoms with Crippen molar-refractivity contribution in [3.05, 3.63) is 29.8 Å². The highest BCUT2D eigenvalue weighted by Crippen LogP contribution is 2.26. The number of alkyl halides is 3. The fraction of sp³-hybridized carbons (Fsp3) is 0.308. The van der Waals surface area contributed by atoms with Gasteiger partial charge in [-0.05, 0) is 24.6 Å². The summed E-state index contributed by atoms with van der Waals surface area (Å²) >= 11 is 1.19. The molecule has 2 N–H and O–H groups in total. The van der Waals surface area contributed by atoms with Crippen LogP contribution >= 0.6 is 11.8 Å². The number of thioether (sulfide) groups is 1. The Hall–Kier alpha value is -1.63. The van der Waals surface area contributed by atoms with Crippen LogP contribution in [0, 0.1) is 0 Å². The van der Waals surface area contributed by atoms with Crippen LogP contribution in [0.3, 0.4) is 0 Å². The lowest BCUT2D eigenvalue weighted by Crippen LogP contribution is -2.17. The summed E-state index contributed by atoms with van der Waals surface area (Å²) in [5.74, 6) is 0.300. The first-order valence-corrected chi connectivity index (χ1v) is 6.71.